The summed E-state index contributed by atoms with van der Waals surface area (Å²) in [5.74, 6) is -3.34. The highest BCUT2D eigenvalue weighted by atomic mass is 32.2. The number of ether oxygens (including phenoxy) is 4. The monoisotopic (exact) mass is 674 g/mol. The maximum Gasteiger partial charge on any atom is 0.453 e. The van der Waals surface area contributed by atoms with Gasteiger partial charge in [0.15, 0.2) is 0 Å². The number of esters is 1. The third-order valence-corrected chi connectivity index (χ3v) is 10.3. The second kappa shape index (κ2) is 17.5. The maximum absolute atomic E-state index is 13.3. The summed E-state index contributed by atoms with van der Waals surface area (Å²) in [7, 11) is 3.29. The summed E-state index contributed by atoms with van der Waals surface area (Å²) >= 11 is 1.80. The summed E-state index contributed by atoms with van der Waals surface area (Å²) in [6.45, 7) is 2.30. The highest BCUT2D eigenvalue weighted by Crippen LogP contribution is 2.55. The minimum Gasteiger partial charge on any atom is -0.497 e. The van der Waals surface area contributed by atoms with Gasteiger partial charge in [0.05, 0.1) is 31.5 Å². The predicted octanol–water partition coefficient (Wildman–Crippen LogP) is 10.1. The smallest absolute Gasteiger partial charge is 0.453 e. The third kappa shape index (κ3) is 9.67. The van der Waals surface area contributed by atoms with Crippen LogP contribution in [0.5, 0.6) is 17.2 Å². The van der Waals surface area contributed by atoms with E-state index in [1.54, 1.807) is 32.9 Å². The number of hydrogen-bond acceptors (Lipinski definition) is 6. The van der Waals surface area contributed by atoms with Gasteiger partial charge in [-0.2, -0.15) is 22.0 Å². The summed E-state index contributed by atoms with van der Waals surface area (Å²) in [4.78, 5) is 12.3. The molecule has 46 heavy (non-hydrogen) atoms. The Labute approximate surface area is 273 Å². The molecule has 0 amide bonds. The molecule has 0 spiro atoms. The van der Waals surface area contributed by atoms with Crippen LogP contribution in [-0.4, -0.2) is 51.8 Å². The van der Waals surface area contributed by atoms with Crippen molar-refractivity contribution in [3.05, 3.63) is 53.6 Å². The van der Waals surface area contributed by atoms with E-state index < -0.39 is 36.8 Å². The van der Waals surface area contributed by atoms with E-state index in [1.807, 2.05) is 24.3 Å². The van der Waals surface area contributed by atoms with Gasteiger partial charge in [0.2, 0.25) is 0 Å². The Hall–Kier alpha value is -2.69. The molecule has 11 heteroatoms. The van der Waals surface area contributed by atoms with Crippen molar-refractivity contribution >= 4 is 17.7 Å². The fourth-order valence-corrected chi connectivity index (χ4v) is 7.33. The lowest BCUT2D eigenvalue weighted by atomic mass is 9.76. The number of methoxy groups -OCH3 is 2. The minimum atomic E-state index is -5.58. The van der Waals surface area contributed by atoms with Crippen LogP contribution in [0.15, 0.2) is 42.5 Å². The number of benzene rings is 2. The zero-order valence-corrected chi connectivity index (χ0v) is 28.0. The molecule has 5 nitrogen and oxygen atoms in total. The number of carbonyl (C=O) groups excluding carboxylic acids is 1. The highest BCUT2D eigenvalue weighted by Gasteiger charge is 2.56. The van der Waals surface area contributed by atoms with Gasteiger partial charge in [0.1, 0.15) is 23.9 Å². The second-order valence-electron chi connectivity index (χ2n) is 11.8. The average molecular weight is 675 g/mol. The second-order valence-corrected chi connectivity index (χ2v) is 12.9. The van der Waals surface area contributed by atoms with Crippen LogP contribution in [0.2, 0.25) is 0 Å². The fraction of sp³-hybridized carbons (Fsp3) is 0.629. The van der Waals surface area contributed by atoms with Gasteiger partial charge in [-0.25, -0.2) is 0 Å². The van der Waals surface area contributed by atoms with E-state index >= 15 is 0 Å². The van der Waals surface area contributed by atoms with Crippen LogP contribution in [0.4, 0.5) is 22.0 Å². The number of carbonyl (C=O) groups is 1. The lowest BCUT2D eigenvalue weighted by Crippen LogP contribution is -2.40. The number of thioether (sulfide) groups is 1. The fourth-order valence-electron chi connectivity index (χ4n) is 6.26. The molecular weight excluding hydrogens is 627 g/mol. The lowest BCUT2D eigenvalue weighted by molar-refractivity contribution is -0.284. The van der Waals surface area contributed by atoms with Gasteiger partial charge in [0.25, 0.3) is 0 Å². The number of fused-ring (bicyclic) bond motifs is 1. The molecule has 3 rings (SSSR count). The quantitative estimate of drug-likeness (QED) is 0.0840. The molecule has 0 aliphatic carbocycles. The van der Waals surface area contributed by atoms with E-state index in [1.165, 1.54) is 5.56 Å². The molecule has 0 radical (unpaired) electrons. The van der Waals surface area contributed by atoms with Gasteiger partial charge < -0.3 is 18.9 Å². The molecule has 0 aromatic heterocycles. The lowest BCUT2D eigenvalue weighted by Gasteiger charge is -2.44. The Balaban J connectivity index is 1.54. The maximum atomic E-state index is 13.3. The Morgan fingerprint density at radius 2 is 1.52 bits per heavy atom. The molecule has 1 heterocycles. The molecule has 0 fully saturated rings. The Morgan fingerprint density at radius 1 is 0.913 bits per heavy atom. The van der Waals surface area contributed by atoms with Crippen LogP contribution in [0.1, 0.15) is 94.6 Å². The molecule has 258 valence electrons. The number of unbranched alkanes of at least 4 members (excludes halogenated alkanes) is 5. The van der Waals surface area contributed by atoms with Crippen LogP contribution in [-0.2, 0) is 14.3 Å². The summed E-state index contributed by atoms with van der Waals surface area (Å²) in [5, 5.41) is 0. The van der Waals surface area contributed by atoms with Crippen molar-refractivity contribution in [2.75, 3.05) is 33.7 Å². The Kier molecular flexibility index (Phi) is 14.3. The molecule has 0 saturated heterocycles. The normalized spacial score (nSPS) is 18.8. The van der Waals surface area contributed by atoms with E-state index in [0.717, 1.165) is 61.3 Å². The van der Waals surface area contributed by atoms with E-state index in [0.29, 0.717) is 19.4 Å². The zero-order chi connectivity index (χ0) is 33.8. The molecule has 1 unspecified atom stereocenters. The molecule has 0 bridgehead atoms. The summed E-state index contributed by atoms with van der Waals surface area (Å²) in [6.07, 6.45) is 1.63. The van der Waals surface area contributed by atoms with Crippen molar-refractivity contribution in [2.24, 2.45) is 5.92 Å². The number of alkyl halides is 5. The van der Waals surface area contributed by atoms with Crippen molar-refractivity contribution in [3.8, 4) is 17.2 Å². The minimum absolute atomic E-state index is 0.0473. The Bertz CT molecular complexity index is 1220. The van der Waals surface area contributed by atoms with Crippen molar-refractivity contribution in [3.63, 3.8) is 0 Å². The van der Waals surface area contributed by atoms with E-state index in [-0.39, 0.29) is 23.7 Å². The topological polar surface area (TPSA) is 54.0 Å². The summed E-state index contributed by atoms with van der Waals surface area (Å²) in [5.41, 5.74) is 2.35. The van der Waals surface area contributed by atoms with Gasteiger partial charge in [-0.3, -0.25) is 4.79 Å². The van der Waals surface area contributed by atoms with Gasteiger partial charge in [-0.05, 0) is 68.2 Å². The number of halogens is 5. The molecule has 2 aromatic carbocycles. The third-order valence-electron chi connectivity index (χ3n) is 8.92. The SMILES string of the molecule is CCOC(=O)C(CCCCCCCC[C@@H]1c2ccc(OC)cc2OC[C@]1(SC)c1ccc(OC)cc1)CCCC(F)(F)C(F)(F)F. The van der Waals surface area contributed by atoms with E-state index in [2.05, 4.69) is 24.5 Å². The zero-order valence-electron chi connectivity index (χ0n) is 27.2. The van der Waals surface area contributed by atoms with Crippen LogP contribution in [0.3, 0.4) is 0 Å². The van der Waals surface area contributed by atoms with Gasteiger partial charge in [0, 0.05) is 18.4 Å². The van der Waals surface area contributed by atoms with E-state index in [9.17, 15) is 26.7 Å². The summed E-state index contributed by atoms with van der Waals surface area (Å²) < 4.78 is 86.1. The molecule has 1 aliphatic heterocycles. The largest absolute Gasteiger partial charge is 0.497 e. The molecule has 1 aliphatic rings. The van der Waals surface area contributed by atoms with E-state index in [4.69, 9.17) is 18.9 Å². The molecule has 0 N–H and O–H groups in total. The van der Waals surface area contributed by atoms with Crippen LogP contribution >= 0.6 is 11.8 Å². The average Bonchev–Trinajstić information content (AvgIpc) is 3.04. The van der Waals surface area contributed by atoms with Crippen molar-refractivity contribution in [1.29, 1.82) is 0 Å². The van der Waals surface area contributed by atoms with Crippen LogP contribution < -0.4 is 14.2 Å². The molecular formula is C35H47F5O5S. The van der Waals surface area contributed by atoms with Gasteiger partial charge >= 0.3 is 18.1 Å². The molecule has 2 aromatic rings. The van der Waals surface area contributed by atoms with Gasteiger partial charge in [-0.1, -0.05) is 56.7 Å². The van der Waals surface area contributed by atoms with Crippen molar-refractivity contribution in [2.45, 2.75) is 100 Å². The number of rotatable bonds is 19. The van der Waals surface area contributed by atoms with Crippen LogP contribution in [0.25, 0.3) is 0 Å². The molecule has 0 saturated carbocycles. The summed E-state index contributed by atoms with van der Waals surface area (Å²) in [6, 6.07) is 14.2. The first-order valence-corrected chi connectivity index (χ1v) is 17.3. The number of hydrogen-bond donors (Lipinski definition) is 0. The Morgan fingerprint density at radius 3 is 2.13 bits per heavy atom. The highest BCUT2D eigenvalue weighted by molar-refractivity contribution is 7.99. The first kappa shape index (κ1) is 37.8. The van der Waals surface area contributed by atoms with Gasteiger partial charge in [-0.15, -0.1) is 11.8 Å². The first-order valence-electron chi connectivity index (χ1n) is 16.0. The molecule has 3 atom stereocenters. The predicted molar refractivity (Wildman–Crippen MR) is 171 cm³/mol. The van der Waals surface area contributed by atoms with Crippen molar-refractivity contribution < 1.29 is 45.7 Å². The van der Waals surface area contributed by atoms with Crippen molar-refractivity contribution in [1.82, 2.24) is 0 Å². The standard InChI is InChI=1S/C35H47F5O5S/c1-5-44-32(41)25(14-12-22-34(36,37)35(38,39)40)13-10-8-6-7-9-11-15-30-29-21-20-28(43-3)23-31(29)45-24-33(30,46-4)26-16-18-27(42-2)19-17-26/h16-21,23,25,30H,5-15,22,24H2,1-4H3/t25?,30-,33+/m1/s1. The van der Waals surface area contributed by atoms with Crippen LogP contribution in [0, 0.1) is 5.92 Å². The first-order chi connectivity index (χ1) is 21.9.